The summed E-state index contributed by atoms with van der Waals surface area (Å²) >= 11 is 0. The molecular formula is C17H19N5O. The molecule has 0 aliphatic carbocycles. The third kappa shape index (κ3) is 3.21. The van der Waals surface area contributed by atoms with Gasteiger partial charge in [0.05, 0.1) is 6.54 Å². The molecule has 0 N–H and O–H groups in total. The Labute approximate surface area is 135 Å². The van der Waals surface area contributed by atoms with E-state index in [1.165, 1.54) is 0 Å². The monoisotopic (exact) mass is 309 g/mol. The quantitative estimate of drug-likeness (QED) is 0.737. The van der Waals surface area contributed by atoms with Gasteiger partial charge >= 0.3 is 0 Å². The molecule has 3 aromatic heterocycles. The number of rotatable bonds is 4. The van der Waals surface area contributed by atoms with Gasteiger partial charge in [0, 0.05) is 42.3 Å². The van der Waals surface area contributed by atoms with Crippen LogP contribution in [0.4, 0.5) is 5.82 Å². The summed E-state index contributed by atoms with van der Waals surface area (Å²) in [5.74, 6) is 2.40. The summed E-state index contributed by atoms with van der Waals surface area (Å²) in [7, 11) is 2.00. The van der Waals surface area contributed by atoms with Crippen molar-refractivity contribution in [2.75, 3.05) is 11.9 Å². The summed E-state index contributed by atoms with van der Waals surface area (Å²) in [6, 6.07) is 5.76. The van der Waals surface area contributed by atoms with Crippen LogP contribution >= 0.6 is 0 Å². The van der Waals surface area contributed by atoms with E-state index in [9.17, 15) is 0 Å². The first-order valence-electron chi connectivity index (χ1n) is 7.43. The lowest BCUT2D eigenvalue weighted by molar-refractivity contribution is 0.390. The van der Waals surface area contributed by atoms with E-state index < -0.39 is 0 Å². The molecule has 0 saturated heterocycles. The van der Waals surface area contributed by atoms with E-state index in [0.717, 1.165) is 34.1 Å². The van der Waals surface area contributed by atoms with Crippen molar-refractivity contribution in [3.05, 3.63) is 53.3 Å². The number of aryl methyl sites for hydroxylation is 2. The normalized spacial score (nSPS) is 10.8. The van der Waals surface area contributed by atoms with Gasteiger partial charge in [0.1, 0.15) is 17.3 Å². The first kappa shape index (κ1) is 15.1. The Balaban J connectivity index is 1.96. The minimum absolute atomic E-state index is 0.629. The highest BCUT2D eigenvalue weighted by Crippen LogP contribution is 2.24. The molecule has 0 radical (unpaired) electrons. The van der Waals surface area contributed by atoms with Gasteiger partial charge in [0.15, 0.2) is 5.82 Å². The standard InChI is InChI=1S/C17H19N5O/c1-11-9-15(21-23-11)10-22(4)17-12(2)13(3)19-16(20-17)14-5-7-18-8-6-14/h5-9H,10H2,1-4H3. The molecule has 118 valence electrons. The third-order valence-corrected chi connectivity index (χ3v) is 3.74. The molecule has 0 aromatic carbocycles. The van der Waals surface area contributed by atoms with Crippen molar-refractivity contribution in [1.82, 2.24) is 20.1 Å². The molecule has 0 spiro atoms. The van der Waals surface area contributed by atoms with E-state index >= 15 is 0 Å². The van der Waals surface area contributed by atoms with Crippen LogP contribution in [0.2, 0.25) is 0 Å². The van der Waals surface area contributed by atoms with Crippen LogP contribution in [-0.4, -0.2) is 27.2 Å². The Hall–Kier alpha value is -2.76. The van der Waals surface area contributed by atoms with Crippen LogP contribution in [0, 0.1) is 20.8 Å². The van der Waals surface area contributed by atoms with Crippen LogP contribution in [0.1, 0.15) is 22.7 Å². The van der Waals surface area contributed by atoms with Crippen molar-refractivity contribution in [3.63, 3.8) is 0 Å². The number of pyridine rings is 1. The maximum atomic E-state index is 5.13. The predicted molar refractivity (Wildman–Crippen MR) is 88.1 cm³/mol. The van der Waals surface area contributed by atoms with Crippen LogP contribution in [-0.2, 0) is 6.54 Å². The maximum absolute atomic E-state index is 5.13. The average Bonchev–Trinajstić information content (AvgIpc) is 2.95. The lowest BCUT2D eigenvalue weighted by atomic mass is 10.2. The fourth-order valence-electron chi connectivity index (χ4n) is 2.43. The predicted octanol–water partition coefficient (Wildman–Crippen LogP) is 3.09. The van der Waals surface area contributed by atoms with Gasteiger partial charge in [-0.2, -0.15) is 0 Å². The van der Waals surface area contributed by atoms with Crippen LogP contribution < -0.4 is 4.90 Å². The molecule has 3 heterocycles. The van der Waals surface area contributed by atoms with Gasteiger partial charge in [-0.3, -0.25) is 4.98 Å². The Morgan fingerprint density at radius 1 is 1.09 bits per heavy atom. The van der Waals surface area contributed by atoms with Crippen molar-refractivity contribution in [2.45, 2.75) is 27.3 Å². The van der Waals surface area contributed by atoms with E-state index in [1.807, 2.05) is 46.0 Å². The molecular weight excluding hydrogens is 290 g/mol. The molecule has 0 fully saturated rings. The summed E-state index contributed by atoms with van der Waals surface area (Å²) in [5.41, 5.74) is 3.86. The summed E-state index contributed by atoms with van der Waals surface area (Å²) in [5, 5.41) is 4.05. The smallest absolute Gasteiger partial charge is 0.161 e. The summed E-state index contributed by atoms with van der Waals surface area (Å²) in [4.78, 5) is 15.4. The van der Waals surface area contributed by atoms with Gasteiger partial charge in [-0.05, 0) is 32.9 Å². The van der Waals surface area contributed by atoms with Crippen LogP contribution in [0.25, 0.3) is 11.4 Å². The molecule has 0 atom stereocenters. The fraction of sp³-hybridized carbons (Fsp3) is 0.294. The number of hydrogen-bond donors (Lipinski definition) is 0. The number of aromatic nitrogens is 4. The van der Waals surface area contributed by atoms with Crippen LogP contribution in [0.5, 0.6) is 0 Å². The molecule has 23 heavy (non-hydrogen) atoms. The number of nitrogens with zero attached hydrogens (tertiary/aromatic N) is 5. The van der Waals surface area contributed by atoms with Crippen LogP contribution in [0.15, 0.2) is 35.1 Å². The number of anilines is 1. The highest BCUT2D eigenvalue weighted by atomic mass is 16.5. The van der Waals surface area contributed by atoms with Crippen molar-refractivity contribution >= 4 is 5.82 Å². The lowest BCUT2D eigenvalue weighted by Gasteiger charge is -2.20. The maximum Gasteiger partial charge on any atom is 0.161 e. The van der Waals surface area contributed by atoms with Gasteiger partial charge in [0.2, 0.25) is 0 Å². The molecule has 6 nitrogen and oxygen atoms in total. The largest absolute Gasteiger partial charge is 0.361 e. The Kier molecular flexibility index (Phi) is 4.06. The van der Waals surface area contributed by atoms with E-state index in [2.05, 4.69) is 20.0 Å². The van der Waals surface area contributed by atoms with Crippen molar-refractivity contribution < 1.29 is 4.52 Å². The number of hydrogen-bond acceptors (Lipinski definition) is 6. The molecule has 0 aliphatic rings. The first-order chi connectivity index (χ1) is 11.0. The molecule has 0 aliphatic heterocycles. The summed E-state index contributed by atoms with van der Waals surface area (Å²) in [6.45, 7) is 6.55. The van der Waals surface area contributed by atoms with Crippen molar-refractivity contribution in [2.24, 2.45) is 0 Å². The molecule has 6 heteroatoms. The Morgan fingerprint density at radius 3 is 2.48 bits per heavy atom. The minimum Gasteiger partial charge on any atom is -0.361 e. The third-order valence-electron chi connectivity index (χ3n) is 3.74. The van der Waals surface area contributed by atoms with E-state index in [0.29, 0.717) is 12.4 Å². The molecule has 0 unspecified atom stereocenters. The second kappa shape index (κ2) is 6.16. The van der Waals surface area contributed by atoms with Crippen LogP contribution in [0.3, 0.4) is 0 Å². The SMILES string of the molecule is Cc1cc(CN(C)c2nc(-c3ccncc3)nc(C)c2C)no1. The van der Waals surface area contributed by atoms with Gasteiger partial charge in [-0.25, -0.2) is 9.97 Å². The molecule has 0 amide bonds. The van der Waals surface area contributed by atoms with E-state index in [-0.39, 0.29) is 0 Å². The Morgan fingerprint density at radius 2 is 1.83 bits per heavy atom. The van der Waals surface area contributed by atoms with Gasteiger partial charge in [-0.1, -0.05) is 5.16 Å². The lowest BCUT2D eigenvalue weighted by Crippen LogP contribution is -2.20. The molecule has 0 saturated carbocycles. The zero-order valence-corrected chi connectivity index (χ0v) is 13.7. The van der Waals surface area contributed by atoms with Gasteiger partial charge in [0.25, 0.3) is 0 Å². The van der Waals surface area contributed by atoms with Gasteiger partial charge in [-0.15, -0.1) is 0 Å². The van der Waals surface area contributed by atoms with Crippen molar-refractivity contribution in [3.8, 4) is 11.4 Å². The zero-order valence-electron chi connectivity index (χ0n) is 13.7. The molecule has 0 bridgehead atoms. The molecule has 3 rings (SSSR count). The first-order valence-corrected chi connectivity index (χ1v) is 7.43. The van der Waals surface area contributed by atoms with Crippen molar-refractivity contribution in [1.29, 1.82) is 0 Å². The second-order valence-corrected chi connectivity index (χ2v) is 5.60. The van der Waals surface area contributed by atoms with Gasteiger partial charge < -0.3 is 9.42 Å². The second-order valence-electron chi connectivity index (χ2n) is 5.60. The zero-order chi connectivity index (χ0) is 16.4. The van der Waals surface area contributed by atoms with E-state index in [1.54, 1.807) is 12.4 Å². The topological polar surface area (TPSA) is 67.9 Å². The summed E-state index contributed by atoms with van der Waals surface area (Å²) < 4.78 is 5.13. The Bertz CT molecular complexity index is 813. The van der Waals surface area contributed by atoms with E-state index in [4.69, 9.17) is 9.51 Å². The average molecular weight is 309 g/mol. The highest BCUT2D eigenvalue weighted by Gasteiger charge is 2.14. The molecule has 3 aromatic rings. The fourth-order valence-corrected chi connectivity index (χ4v) is 2.43. The highest BCUT2D eigenvalue weighted by molar-refractivity contribution is 5.59. The summed E-state index contributed by atoms with van der Waals surface area (Å²) in [6.07, 6.45) is 3.49. The minimum atomic E-state index is 0.629.